The Balaban J connectivity index is 1.48. The highest BCUT2D eigenvalue weighted by atomic mass is 32.1. The third-order valence-corrected chi connectivity index (χ3v) is 6.69. The number of carbonyl (C=O) groups is 1. The summed E-state index contributed by atoms with van der Waals surface area (Å²) in [4.78, 5) is 34.0. The lowest BCUT2D eigenvalue weighted by Gasteiger charge is -2.33. The van der Waals surface area contributed by atoms with E-state index in [4.69, 9.17) is 4.98 Å². The Hall–Kier alpha value is -3.45. The van der Waals surface area contributed by atoms with Gasteiger partial charge in [-0.05, 0) is 54.1 Å². The second-order valence-corrected chi connectivity index (χ2v) is 8.93. The molecule has 1 aliphatic heterocycles. The van der Waals surface area contributed by atoms with Crippen LogP contribution in [0.5, 0.6) is 0 Å². The fraction of sp³-hybridized carbons (Fsp3) is 0.240. The molecule has 1 fully saturated rings. The van der Waals surface area contributed by atoms with Crippen molar-refractivity contribution in [2.24, 2.45) is 0 Å². The normalized spacial score (nSPS) is 16.1. The number of thiophene rings is 1. The molecule has 0 aromatic carbocycles. The summed E-state index contributed by atoms with van der Waals surface area (Å²) in [6.07, 6.45) is 11.4. The van der Waals surface area contributed by atoms with Crippen molar-refractivity contribution < 1.29 is 4.79 Å². The van der Waals surface area contributed by atoms with Gasteiger partial charge in [0.05, 0.1) is 12.1 Å². The molecule has 0 N–H and O–H groups in total. The average Bonchev–Trinajstić information content (AvgIpc) is 3.38. The third-order valence-electron chi connectivity index (χ3n) is 5.81. The summed E-state index contributed by atoms with van der Waals surface area (Å²) in [5, 5.41) is 2.02. The van der Waals surface area contributed by atoms with Crippen molar-refractivity contribution in [3.05, 3.63) is 83.3 Å². The molecule has 4 aromatic heterocycles. The molecule has 1 atom stereocenters. The van der Waals surface area contributed by atoms with Crippen molar-refractivity contribution in [1.82, 2.24) is 24.8 Å². The first-order valence-electron chi connectivity index (χ1n) is 10.8. The zero-order chi connectivity index (χ0) is 21.8. The van der Waals surface area contributed by atoms with Crippen LogP contribution in [0.25, 0.3) is 22.5 Å². The lowest BCUT2D eigenvalue weighted by Crippen LogP contribution is -2.40. The van der Waals surface area contributed by atoms with Gasteiger partial charge in [-0.25, -0.2) is 9.97 Å². The number of likely N-dealkylation sites (tertiary alicyclic amines) is 1. The maximum atomic E-state index is 13.0. The van der Waals surface area contributed by atoms with Gasteiger partial charge in [-0.2, -0.15) is 0 Å². The van der Waals surface area contributed by atoms with Crippen LogP contribution in [0.4, 0.5) is 0 Å². The molecule has 32 heavy (non-hydrogen) atoms. The first-order valence-corrected chi connectivity index (χ1v) is 11.6. The Morgan fingerprint density at radius 2 is 1.78 bits per heavy atom. The summed E-state index contributed by atoms with van der Waals surface area (Å²) >= 11 is 1.63. The Morgan fingerprint density at radius 1 is 1.03 bits per heavy atom. The van der Waals surface area contributed by atoms with E-state index in [0.717, 1.165) is 46.6 Å². The smallest absolute Gasteiger partial charge is 0.227 e. The van der Waals surface area contributed by atoms with Gasteiger partial charge in [0.1, 0.15) is 0 Å². The van der Waals surface area contributed by atoms with Crippen LogP contribution in [-0.2, 0) is 11.2 Å². The number of carbonyl (C=O) groups excluding carboxylic acids is 1. The highest BCUT2D eigenvalue weighted by Crippen LogP contribution is 2.34. The molecule has 1 amide bonds. The monoisotopic (exact) mass is 441 g/mol. The predicted molar refractivity (Wildman–Crippen MR) is 125 cm³/mol. The van der Waals surface area contributed by atoms with Crippen LogP contribution < -0.4 is 0 Å². The lowest BCUT2D eigenvalue weighted by atomic mass is 9.89. The SMILES string of the molecule is O=C(Cc1cccs1)N1CCC[C@H](c2nc(-c3ccncc3)ncc2-c2ccncc2)C1. The van der Waals surface area contributed by atoms with Gasteiger partial charge in [0.2, 0.25) is 5.91 Å². The minimum Gasteiger partial charge on any atom is -0.342 e. The molecule has 1 aliphatic rings. The van der Waals surface area contributed by atoms with Gasteiger partial charge < -0.3 is 4.90 Å². The van der Waals surface area contributed by atoms with Crippen LogP contribution in [-0.4, -0.2) is 43.8 Å². The molecular formula is C25H23N5OS. The second-order valence-electron chi connectivity index (χ2n) is 7.90. The Kier molecular flexibility index (Phi) is 5.98. The number of amides is 1. The molecule has 5 rings (SSSR count). The van der Waals surface area contributed by atoms with Gasteiger partial charge in [0.15, 0.2) is 5.82 Å². The zero-order valence-corrected chi connectivity index (χ0v) is 18.4. The van der Waals surface area contributed by atoms with E-state index in [1.54, 1.807) is 36.1 Å². The maximum absolute atomic E-state index is 13.0. The standard InChI is InChI=1S/C25H23N5OS/c31-23(15-21-4-2-14-32-21)30-13-1-3-20(17-30)24-22(18-5-9-26-10-6-18)16-28-25(29-24)19-7-11-27-12-8-19/h2,4-12,14,16,20H,1,3,13,15,17H2/t20-/m0/s1. The molecule has 5 heterocycles. The molecule has 160 valence electrons. The molecule has 0 saturated carbocycles. The van der Waals surface area contributed by atoms with Crippen molar-refractivity contribution >= 4 is 17.2 Å². The van der Waals surface area contributed by atoms with Crippen LogP contribution in [0.2, 0.25) is 0 Å². The van der Waals surface area contributed by atoms with E-state index in [1.807, 2.05) is 52.9 Å². The molecule has 4 aromatic rings. The molecule has 0 unspecified atom stereocenters. The van der Waals surface area contributed by atoms with Crippen molar-refractivity contribution in [3.63, 3.8) is 0 Å². The summed E-state index contributed by atoms with van der Waals surface area (Å²) in [5.74, 6) is 1.02. The van der Waals surface area contributed by atoms with Crippen LogP contribution in [0.1, 0.15) is 29.3 Å². The van der Waals surface area contributed by atoms with E-state index in [0.29, 0.717) is 18.8 Å². The van der Waals surface area contributed by atoms with Gasteiger partial charge >= 0.3 is 0 Å². The van der Waals surface area contributed by atoms with Gasteiger partial charge in [-0.3, -0.25) is 14.8 Å². The zero-order valence-electron chi connectivity index (χ0n) is 17.6. The maximum Gasteiger partial charge on any atom is 0.227 e. The number of rotatable bonds is 5. The summed E-state index contributed by atoms with van der Waals surface area (Å²) < 4.78 is 0. The Morgan fingerprint density at radius 3 is 2.50 bits per heavy atom. The fourth-order valence-electron chi connectivity index (χ4n) is 4.20. The number of aromatic nitrogens is 4. The molecule has 0 bridgehead atoms. The van der Waals surface area contributed by atoms with Crippen molar-refractivity contribution in [3.8, 4) is 22.5 Å². The quantitative estimate of drug-likeness (QED) is 0.452. The van der Waals surface area contributed by atoms with Gasteiger partial charge in [-0.15, -0.1) is 11.3 Å². The van der Waals surface area contributed by atoms with E-state index >= 15 is 0 Å². The predicted octanol–water partition coefficient (Wildman–Crippen LogP) is 4.61. The van der Waals surface area contributed by atoms with Crippen LogP contribution >= 0.6 is 11.3 Å². The summed E-state index contributed by atoms with van der Waals surface area (Å²) in [5.41, 5.74) is 3.97. The Labute approximate surface area is 191 Å². The van der Waals surface area contributed by atoms with E-state index in [2.05, 4.69) is 15.0 Å². The van der Waals surface area contributed by atoms with Crippen LogP contribution in [0.15, 0.2) is 72.8 Å². The first-order chi connectivity index (χ1) is 15.8. The minimum atomic E-state index is 0.155. The molecule has 0 spiro atoms. The topological polar surface area (TPSA) is 71.9 Å². The molecular weight excluding hydrogens is 418 g/mol. The number of hydrogen-bond acceptors (Lipinski definition) is 6. The van der Waals surface area contributed by atoms with E-state index in [1.165, 1.54) is 0 Å². The highest BCUT2D eigenvalue weighted by molar-refractivity contribution is 7.10. The molecule has 1 saturated heterocycles. The largest absolute Gasteiger partial charge is 0.342 e. The van der Waals surface area contributed by atoms with E-state index in [-0.39, 0.29) is 11.8 Å². The molecule has 7 heteroatoms. The Bertz CT molecular complexity index is 1180. The van der Waals surface area contributed by atoms with Gasteiger partial charge in [0.25, 0.3) is 0 Å². The summed E-state index contributed by atoms with van der Waals surface area (Å²) in [6, 6.07) is 11.8. The molecule has 0 radical (unpaired) electrons. The van der Waals surface area contributed by atoms with Crippen molar-refractivity contribution in [2.75, 3.05) is 13.1 Å². The number of hydrogen-bond donors (Lipinski definition) is 0. The van der Waals surface area contributed by atoms with E-state index < -0.39 is 0 Å². The van der Waals surface area contributed by atoms with Gasteiger partial charge in [0, 0.05) is 66.0 Å². The minimum absolute atomic E-state index is 0.155. The van der Waals surface area contributed by atoms with Crippen molar-refractivity contribution in [1.29, 1.82) is 0 Å². The number of nitrogens with zero attached hydrogens (tertiary/aromatic N) is 5. The number of pyridine rings is 2. The lowest BCUT2D eigenvalue weighted by molar-refractivity contribution is -0.131. The van der Waals surface area contributed by atoms with Crippen molar-refractivity contribution in [2.45, 2.75) is 25.2 Å². The summed E-state index contributed by atoms with van der Waals surface area (Å²) in [7, 11) is 0. The first kappa shape index (κ1) is 20.5. The molecule has 6 nitrogen and oxygen atoms in total. The summed E-state index contributed by atoms with van der Waals surface area (Å²) in [6.45, 7) is 1.47. The highest BCUT2D eigenvalue weighted by Gasteiger charge is 2.28. The third kappa shape index (κ3) is 4.43. The fourth-order valence-corrected chi connectivity index (χ4v) is 4.90. The average molecular weight is 442 g/mol. The van der Waals surface area contributed by atoms with Crippen LogP contribution in [0.3, 0.4) is 0 Å². The van der Waals surface area contributed by atoms with Crippen LogP contribution in [0, 0.1) is 0 Å². The second kappa shape index (κ2) is 9.36. The van der Waals surface area contributed by atoms with E-state index in [9.17, 15) is 4.79 Å². The molecule has 0 aliphatic carbocycles. The van der Waals surface area contributed by atoms with Gasteiger partial charge in [-0.1, -0.05) is 6.07 Å². The number of piperidine rings is 1.